The zero-order chi connectivity index (χ0) is 12.3. The molecule has 6 heteroatoms. The van der Waals surface area contributed by atoms with E-state index in [2.05, 4.69) is 14.9 Å². The van der Waals surface area contributed by atoms with Gasteiger partial charge in [0, 0.05) is 18.5 Å². The molecule has 0 atom stereocenters. The summed E-state index contributed by atoms with van der Waals surface area (Å²) >= 11 is 7.66. The lowest BCUT2D eigenvalue weighted by Gasteiger charge is -2.15. The Labute approximate surface area is 109 Å². The van der Waals surface area contributed by atoms with Crippen LogP contribution < -0.4 is 5.73 Å². The lowest BCUT2D eigenvalue weighted by atomic mass is 10.3. The van der Waals surface area contributed by atoms with E-state index in [0.717, 1.165) is 17.9 Å². The molecule has 0 radical (unpaired) electrons. The summed E-state index contributed by atoms with van der Waals surface area (Å²) in [5.74, 6) is 0.492. The standard InChI is InChI=1S/C11H13ClN4S/c1-16(4-8-6-17-7-14-8)5-10-9(12)2-3-11(13)15-10/h2-3,6-7H,4-5H2,1H3,(H2,13,15). The molecular weight excluding hydrogens is 256 g/mol. The number of hydrogen-bond donors (Lipinski definition) is 1. The van der Waals surface area contributed by atoms with E-state index in [0.29, 0.717) is 17.4 Å². The first kappa shape index (κ1) is 12.3. The molecule has 0 amide bonds. The molecule has 0 aliphatic carbocycles. The highest BCUT2D eigenvalue weighted by atomic mass is 35.5. The molecule has 2 aromatic rings. The largest absolute Gasteiger partial charge is 0.384 e. The summed E-state index contributed by atoms with van der Waals surface area (Å²) in [5.41, 5.74) is 9.32. The minimum atomic E-state index is 0.492. The van der Waals surface area contributed by atoms with E-state index < -0.39 is 0 Å². The van der Waals surface area contributed by atoms with Gasteiger partial charge in [-0.25, -0.2) is 9.97 Å². The molecule has 90 valence electrons. The van der Waals surface area contributed by atoms with E-state index in [1.54, 1.807) is 23.5 Å². The van der Waals surface area contributed by atoms with Crippen molar-refractivity contribution < 1.29 is 0 Å². The average Bonchev–Trinajstić information content (AvgIpc) is 2.76. The zero-order valence-electron chi connectivity index (χ0n) is 9.43. The van der Waals surface area contributed by atoms with Crippen LogP contribution >= 0.6 is 22.9 Å². The Hall–Kier alpha value is -1.17. The number of nitrogens with two attached hydrogens (primary N) is 1. The van der Waals surface area contributed by atoms with Crippen LogP contribution in [-0.4, -0.2) is 21.9 Å². The van der Waals surface area contributed by atoms with Crippen LogP contribution in [0.2, 0.25) is 5.02 Å². The first-order valence-corrected chi connectivity index (χ1v) is 6.43. The molecule has 0 fully saturated rings. The smallest absolute Gasteiger partial charge is 0.123 e. The molecule has 0 spiro atoms. The maximum absolute atomic E-state index is 6.06. The van der Waals surface area contributed by atoms with Crippen molar-refractivity contribution in [3.63, 3.8) is 0 Å². The number of anilines is 1. The number of rotatable bonds is 4. The van der Waals surface area contributed by atoms with Gasteiger partial charge in [0.05, 0.1) is 21.9 Å². The highest BCUT2D eigenvalue weighted by Gasteiger charge is 2.08. The monoisotopic (exact) mass is 268 g/mol. The number of hydrogen-bond acceptors (Lipinski definition) is 5. The molecule has 2 aromatic heterocycles. The lowest BCUT2D eigenvalue weighted by molar-refractivity contribution is 0.312. The summed E-state index contributed by atoms with van der Waals surface area (Å²) in [5, 5.41) is 2.68. The summed E-state index contributed by atoms with van der Waals surface area (Å²) in [4.78, 5) is 10.6. The maximum atomic E-state index is 6.06. The van der Waals surface area contributed by atoms with Gasteiger partial charge >= 0.3 is 0 Å². The van der Waals surface area contributed by atoms with E-state index in [1.165, 1.54) is 0 Å². The summed E-state index contributed by atoms with van der Waals surface area (Å²) in [6.45, 7) is 1.43. The van der Waals surface area contributed by atoms with E-state index in [1.807, 2.05) is 17.9 Å². The third-order valence-corrected chi connectivity index (χ3v) is 3.25. The van der Waals surface area contributed by atoms with Gasteiger partial charge in [-0.05, 0) is 19.2 Å². The molecule has 4 nitrogen and oxygen atoms in total. The van der Waals surface area contributed by atoms with Gasteiger partial charge in [0.2, 0.25) is 0 Å². The van der Waals surface area contributed by atoms with Crippen LogP contribution in [0.3, 0.4) is 0 Å². The Morgan fingerprint density at radius 3 is 2.94 bits per heavy atom. The van der Waals surface area contributed by atoms with Crippen LogP contribution in [0.5, 0.6) is 0 Å². The van der Waals surface area contributed by atoms with Gasteiger partial charge in [0.25, 0.3) is 0 Å². The van der Waals surface area contributed by atoms with E-state index in [-0.39, 0.29) is 0 Å². The molecule has 17 heavy (non-hydrogen) atoms. The Kier molecular flexibility index (Phi) is 3.93. The molecule has 0 saturated carbocycles. The van der Waals surface area contributed by atoms with Crippen LogP contribution in [0.1, 0.15) is 11.4 Å². The number of halogens is 1. The fourth-order valence-corrected chi connectivity index (χ4v) is 2.23. The fourth-order valence-electron chi connectivity index (χ4n) is 1.52. The Balaban J connectivity index is 2.02. The molecule has 0 bridgehead atoms. The molecule has 2 N–H and O–H groups in total. The van der Waals surface area contributed by atoms with Crippen molar-refractivity contribution in [1.29, 1.82) is 0 Å². The Morgan fingerprint density at radius 1 is 1.41 bits per heavy atom. The average molecular weight is 269 g/mol. The molecule has 0 aliphatic rings. The fraction of sp³-hybridized carbons (Fsp3) is 0.273. The quantitative estimate of drug-likeness (QED) is 0.925. The molecule has 0 saturated heterocycles. The van der Waals surface area contributed by atoms with Crippen molar-refractivity contribution in [3.05, 3.63) is 39.4 Å². The first-order chi connectivity index (χ1) is 8.15. The number of nitrogens with zero attached hydrogens (tertiary/aromatic N) is 3. The molecule has 0 unspecified atom stereocenters. The molecule has 0 aliphatic heterocycles. The summed E-state index contributed by atoms with van der Waals surface area (Å²) in [7, 11) is 2.00. The number of pyridine rings is 1. The Morgan fingerprint density at radius 2 is 2.24 bits per heavy atom. The van der Waals surface area contributed by atoms with Crippen molar-refractivity contribution in [2.24, 2.45) is 0 Å². The van der Waals surface area contributed by atoms with Crippen molar-refractivity contribution in [1.82, 2.24) is 14.9 Å². The van der Waals surface area contributed by atoms with Crippen LogP contribution in [0, 0.1) is 0 Å². The second-order valence-corrected chi connectivity index (χ2v) is 4.94. The Bertz CT molecular complexity index is 486. The third kappa shape index (κ3) is 3.39. The second-order valence-electron chi connectivity index (χ2n) is 3.82. The van der Waals surface area contributed by atoms with Gasteiger partial charge in [0.1, 0.15) is 5.82 Å². The molecule has 0 aromatic carbocycles. The number of nitrogen functional groups attached to an aromatic ring is 1. The first-order valence-electron chi connectivity index (χ1n) is 5.11. The summed E-state index contributed by atoms with van der Waals surface area (Å²) in [6, 6.07) is 3.47. The van der Waals surface area contributed by atoms with E-state index >= 15 is 0 Å². The zero-order valence-corrected chi connectivity index (χ0v) is 11.0. The van der Waals surface area contributed by atoms with Crippen LogP contribution in [0.4, 0.5) is 5.82 Å². The van der Waals surface area contributed by atoms with Gasteiger partial charge in [-0.1, -0.05) is 11.6 Å². The maximum Gasteiger partial charge on any atom is 0.123 e. The SMILES string of the molecule is CN(Cc1cscn1)Cc1nc(N)ccc1Cl. The highest BCUT2D eigenvalue weighted by Crippen LogP contribution is 2.17. The van der Waals surface area contributed by atoms with Crippen LogP contribution in [0.15, 0.2) is 23.0 Å². The number of aromatic nitrogens is 2. The van der Waals surface area contributed by atoms with Gasteiger partial charge in [0.15, 0.2) is 0 Å². The molecular formula is C11H13ClN4S. The van der Waals surface area contributed by atoms with Crippen LogP contribution in [-0.2, 0) is 13.1 Å². The predicted molar refractivity (Wildman–Crippen MR) is 70.9 cm³/mol. The van der Waals surface area contributed by atoms with Gasteiger partial charge in [-0.2, -0.15) is 0 Å². The predicted octanol–water partition coefficient (Wildman–Crippen LogP) is 2.41. The lowest BCUT2D eigenvalue weighted by Crippen LogP contribution is -2.18. The minimum absolute atomic E-state index is 0.492. The summed E-state index contributed by atoms with van der Waals surface area (Å²) in [6.07, 6.45) is 0. The summed E-state index contributed by atoms with van der Waals surface area (Å²) < 4.78 is 0. The van der Waals surface area contributed by atoms with Crippen molar-refractivity contribution in [2.75, 3.05) is 12.8 Å². The van der Waals surface area contributed by atoms with E-state index in [9.17, 15) is 0 Å². The van der Waals surface area contributed by atoms with Crippen LogP contribution in [0.25, 0.3) is 0 Å². The molecule has 2 rings (SSSR count). The van der Waals surface area contributed by atoms with Gasteiger partial charge in [-0.3, -0.25) is 4.90 Å². The third-order valence-electron chi connectivity index (χ3n) is 2.28. The number of thiazole rings is 1. The molecule has 2 heterocycles. The van der Waals surface area contributed by atoms with Gasteiger partial charge in [-0.15, -0.1) is 11.3 Å². The van der Waals surface area contributed by atoms with Gasteiger partial charge < -0.3 is 5.73 Å². The highest BCUT2D eigenvalue weighted by molar-refractivity contribution is 7.07. The topological polar surface area (TPSA) is 55.0 Å². The minimum Gasteiger partial charge on any atom is -0.384 e. The normalized spacial score (nSPS) is 11.0. The van der Waals surface area contributed by atoms with Crippen molar-refractivity contribution in [2.45, 2.75) is 13.1 Å². The van der Waals surface area contributed by atoms with E-state index in [4.69, 9.17) is 17.3 Å². The second kappa shape index (κ2) is 5.44. The van der Waals surface area contributed by atoms with Crippen molar-refractivity contribution >= 4 is 28.8 Å². The van der Waals surface area contributed by atoms with Crippen molar-refractivity contribution in [3.8, 4) is 0 Å².